The van der Waals surface area contributed by atoms with Crippen molar-refractivity contribution in [1.82, 2.24) is 5.32 Å². The zero-order chi connectivity index (χ0) is 14.2. The van der Waals surface area contributed by atoms with E-state index in [0.29, 0.717) is 5.56 Å². The molecule has 19 heavy (non-hydrogen) atoms. The summed E-state index contributed by atoms with van der Waals surface area (Å²) < 4.78 is 26.1. The Bertz CT molecular complexity index is 533. The molecule has 0 bridgehead atoms. The van der Waals surface area contributed by atoms with Crippen LogP contribution in [-0.4, -0.2) is 22.9 Å². The Balaban J connectivity index is 2.32. The predicted molar refractivity (Wildman–Crippen MR) is 62.4 cm³/mol. The Morgan fingerprint density at radius 2 is 2.00 bits per heavy atom. The van der Waals surface area contributed by atoms with E-state index in [0.717, 1.165) is 12.1 Å². The van der Waals surface area contributed by atoms with Gasteiger partial charge in [-0.05, 0) is 31.0 Å². The van der Waals surface area contributed by atoms with Gasteiger partial charge in [0.2, 0.25) is 0 Å². The second kappa shape index (κ2) is 5.05. The first-order chi connectivity index (χ1) is 8.90. The van der Waals surface area contributed by atoms with Gasteiger partial charge in [-0.25, -0.2) is 8.78 Å². The molecule has 4 nitrogen and oxygen atoms in total. The summed E-state index contributed by atoms with van der Waals surface area (Å²) in [6.07, 6.45) is 0.147. The molecule has 2 N–H and O–H groups in total. The summed E-state index contributed by atoms with van der Waals surface area (Å²) in [5.41, 5.74) is 0.329. The van der Waals surface area contributed by atoms with Crippen molar-refractivity contribution in [3.05, 3.63) is 35.4 Å². The van der Waals surface area contributed by atoms with Crippen molar-refractivity contribution >= 4 is 11.8 Å². The molecule has 1 fully saturated rings. The second-order valence-electron chi connectivity index (χ2n) is 4.66. The second-order valence-corrected chi connectivity index (χ2v) is 4.66. The highest BCUT2D eigenvalue weighted by Crippen LogP contribution is 2.33. The average molecular weight is 269 g/mol. The third kappa shape index (κ3) is 2.63. The number of hydrogen-bond donors (Lipinski definition) is 2. The lowest BCUT2D eigenvalue weighted by molar-refractivity contribution is -0.142. The summed E-state index contributed by atoms with van der Waals surface area (Å²) in [7, 11) is 0. The maximum Gasteiger partial charge on any atom is 0.308 e. The number of rotatable bonds is 3. The number of carbonyl (C=O) groups excluding carboxylic acids is 1. The molecule has 0 unspecified atom stereocenters. The van der Waals surface area contributed by atoms with Gasteiger partial charge in [0.15, 0.2) is 11.6 Å². The Morgan fingerprint density at radius 1 is 1.32 bits per heavy atom. The lowest BCUT2D eigenvalue weighted by Gasteiger charge is -2.16. The first-order valence-electron chi connectivity index (χ1n) is 5.84. The predicted octanol–water partition coefficient (Wildman–Crippen LogP) is 1.66. The highest BCUT2D eigenvalue weighted by Gasteiger charge is 2.41. The normalized spacial score (nSPS) is 26.4. The fraction of sp³-hybridized carbons (Fsp3) is 0.385. The molecule has 102 valence electrons. The number of carbonyl (C=O) groups is 2. The van der Waals surface area contributed by atoms with E-state index in [4.69, 9.17) is 5.11 Å². The van der Waals surface area contributed by atoms with Crippen LogP contribution < -0.4 is 5.32 Å². The molecule has 0 amide bonds. The molecule has 0 aliphatic carbocycles. The molecular weight excluding hydrogens is 256 g/mol. The third-order valence-electron chi connectivity index (χ3n) is 3.38. The first kappa shape index (κ1) is 13.6. The number of carboxylic acid groups (broad SMARTS) is 1. The van der Waals surface area contributed by atoms with Crippen LogP contribution in [-0.2, 0) is 9.59 Å². The Labute approximate surface area is 108 Å². The lowest BCUT2D eigenvalue weighted by Crippen LogP contribution is -2.31. The average Bonchev–Trinajstić information content (AvgIpc) is 2.78. The van der Waals surface area contributed by atoms with Crippen LogP contribution in [0, 0.1) is 17.6 Å². The summed E-state index contributed by atoms with van der Waals surface area (Å²) in [6.45, 7) is 1.37. The lowest BCUT2D eigenvalue weighted by atomic mass is 9.93. The molecule has 1 saturated heterocycles. The van der Waals surface area contributed by atoms with Crippen LogP contribution in [0.1, 0.15) is 24.9 Å². The quantitative estimate of drug-likeness (QED) is 0.875. The van der Waals surface area contributed by atoms with Gasteiger partial charge in [0.25, 0.3) is 0 Å². The van der Waals surface area contributed by atoms with E-state index in [2.05, 4.69) is 5.32 Å². The molecule has 1 heterocycles. The molecule has 6 heteroatoms. The fourth-order valence-electron chi connectivity index (χ4n) is 2.35. The zero-order valence-corrected chi connectivity index (χ0v) is 10.2. The number of halogens is 2. The molecule has 2 rings (SSSR count). The smallest absolute Gasteiger partial charge is 0.308 e. The van der Waals surface area contributed by atoms with Crippen molar-refractivity contribution < 1.29 is 23.5 Å². The number of aliphatic carboxylic acids is 1. The van der Waals surface area contributed by atoms with Crippen molar-refractivity contribution in [3.8, 4) is 0 Å². The fourth-order valence-corrected chi connectivity index (χ4v) is 2.35. The van der Waals surface area contributed by atoms with Crippen LogP contribution in [0.4, 0.5) is 8.78 Å². The van der Waals surface area contributed by atoms with Crippen LogP contribution in [0.15, 0.2) is 18.2 Å². The van der Waals surface area contributed by atoms with E-state index in [1.165, 1.54) is 13.0 Å². The SMILES string of the molecule is CC(=O)[C@@H]1C[C@@H](C(=O)O)[C@H](c2ccc(F)c(F)c2)N1. The van der Waals surface area contributed by atoms with Crippen LogP contribution in [0.2, 0.25) is 0 Å². The largest absolute Gasteiger partial charge is 0.481 e. The summed E-state index contributed by atoms with van der Waals surface area (Å²) in [5.74, 6) is -4.09. The van der Waals surface area contributed by atoms with Crippen LogP contribution in [0.5, 0.6) is 0 Å². The van der Waals surface area contributed by atoms with Crippen LogP contribution >= 0.6 is 0 Å². The third-order valence-corrected chi connectivity index (χ3v) is 3.38. The number of hydrogen-bond acceptors (Lipinski definition) is 3. The highest BCUT2D eigenvalue weighted by molar-refractivity contribution is 5.84. The minimum Gasteiger partial charge on any atom is -0.481 e. The molecule has 1 aromatic carbocycles. The minimum atomic E-state index is -1.06. The summed E-state index contributed by atoms with van der Waals surface area (Å²) in [5, 5.41) is 12.0. The Hall–Kier alpha value is -1.82. The Kier molecular flexibility index (Phi) is 3.61. The maximum absolute atomic E-state index is 13.2. The van der Waals surface area contributed by atoms with Gasteiger partial charge < -0.3 is 5.11 Å². The summed E-state index contributed by atoms with van der Waals surface area (Å²) in [6, 6.07) is 1.98. The molecule has 0 aromatic heterocycles. The number of Topliss-reactive ketones (excluding diaryl/α,β-unsaturated/α-hetero) is 1. The Morgan fingerprint density at radius 3 is 2.53 bits per heavy atom. The van der Waals surface area contributed by atoms with Crippen molar-refractivity contribution in [2.24, 2.45) is 5.92 Å². The summed E-state index contributed by atoms with van der Waals surface area (Å²) in [4.78, 5) is 22.5. The molecular formula is C13H13F2NO3. The van der Waals surface area contributed by atoms with Gasteiger partial charge in [-0.2, -0.15) is 0 Å². The maximum atomic E-state index is 13.2. The van der Waals surface area contributed by atoms with Gasteiger partial charge in [0.05, 0.1) is 12.0 Å². The van der Waals surface area contributed by atoms with E-state index >= 15 is 0 Å². The number of carboxylic acids is 1. The number of nitrogens with one attached hydrogen (secondary N) is 1. The number of benzene rings is 1. The summed E-state index contributed by atoms with van der Waals surface area (Å²) >= 11 is 0. The van der Waals surface area contributed by atoms with E-state index in [1.54, 1.807) is 0 Å². The van der Waals surface area contributed by atoms with Crippen LogP contribution in [0.25, 0.3) is 0 Å². The van der Waals surface area contributed by atoms with Gasteiger partial charge in [0, 0.05) is 6.04 Å². The van der Waals surface area contributed by atoms with Crippen molar-refractivity contribution in [1.29, 1.82) is 0 Å². The molecule has 0 saturated carbocycles. The van der Waals surface area contributed by atoms with Gasteiger partial charge >= 0.3 is 5.97 Å². The molecule has 3 atom stereocenters. The van der Waals surface area contributed by atoms with E-state index in [9.17, 15) is 18.4 Å². The zero-order valence-electron chi connectivity index (χ0n) is 10.2. The van der Waals surface area contributed by atoms with Crippen molar-refractivity contribution in [3.63, 3.8) is 0 Å². The molecule has 1 aliphatic heterocycles. The number of ketones is 1. The standard InChI is InChI=1S/C13H13F2NO3/c1-6(17)11-5-8(13(18)19)12(16-11)7-2-3-9(14)10(15)4-7/h2-4,8,11-12,16H,5H2,1H3,(H,18,19)/t8-,11+,12+/m1/s1. The van der Waals surface area contributed by atoms with Crippen LogP contribution in [0.3, 0.4) is 0 Å². The van der Waals surface area contributed by atoms with Gasteiger partial charge in [-0.15, -0.1) is 0 Å². The molecule has 0 radical (unpaired) electrons. The van der Waals surface area contributed by atoms with Crippen molar-refractivity contribution in [2.75, 3.05) is 0 Å². The molecule has 1 aliphatic rings. The van der Waals surface area contributed by atoms with E-state index in [-0.39, 0.29) is 12.2 Å². The monoisotopic (exact) mass is 269 g/mol. The van der Waals surface area contributed by atoms with Gasteiger partial charge in [-0.3, -0.25) is 14.9 Å². The highest BCUT2D eigenvalue weighted by atomic mass is 19.2. The van der Waals surface area contributed by atoms with Gasteiger partial charge in [0.1, 0.15) is 5.78 Å². The first-order valence-corrected chi connectivity index (χ1v) is 5.84. The van der Waals surface area contributed by atoms with Crippen molar-refractivity contribution in [2.45, 2.75) is 25.4 Å². The topological polar surface area (TPSA) is 66.4 Å². The van der Waals surface area contributed by atoms with Gasteiger partial charge in [-0.1, -0.05) is 6.07 Å². The molecule has 1 aromatic rings. The minimum absolute atomic E-state index is 0.147. The van der Waals surface area contributed by atoms with E-state index in [1.807, 2.05) is 0 Å². The van der Waals surface area contributed by atoms with E-state index < -0.39 is 35.6 Å². The molecule has 0 spiro atoms.